The summed E-state index contributed by atoms with van der Waals surface area (Å²) in [6, 6.07) is 8.00. The molecule has 2 aliphatic rings. The Morgan fingerprint density at radius 2 is 1.92 bits per heavy atom. The molecule has 0 amide bonds. The number of ether oxygens (including phenoxy) is 1. The van der Waals surface area contributed by atoms with Crippen molar-refractivity contribution in [1.82, 2.24) is 15.0 Å². The molecule has 0 aliphatic carbocycles. The molecule has 0 unspecified atom stereocenters. The van der Waals surface area contributed by atoms with E-state index in [1.165, 1.54) is 0 Å². The van der Waals surface area contributed by atoms with E-state index in [-0.39, 0.29) is 17.4 Å². The summed E-state index contributed by atoms with van der Waals surface area (Å²) in [6.45, 7) is 3.36. The van der Waals surface area contributed by atoms with Crippen molar-refractivity contribution in [2.45, 2.75) is 18.9 Å². The van der Waals surface area contributed by atoms with Crippen LogP contribution in [-0.2, 0) is 21.1 Å². The van der Waals surface area contributed by atoms with Gasteiger partial charge in [-0.3, -0.25) is 4.90 Å². The minimum Gasteiger partial charge on any atom is -0.381 e. The van der Waals surface area contributed by atoms with Crippen molar-refractivity contribution in [3.63, 3.8) is 0 Å². The van der Waals surface area contributed by atoms with Crippen LogP contribution >= 0.6 is 0 Å². The summed E-state index contributed by atoms with van der Waals surface area (Å²) >= 11 is 0. The van der Waals surface area contributed by atoms with E-state index in [0.717, 1.165) is 30.7 Å². The Kier molecular flexibility index (Phi) is 4.58. The molecule has 0 N–H and O–H groups in total. The van der Waals surface area contributed by atoms with Gasteiger partial charge in [-0.05, 0) is 24.1 Å². The molecule has 0 bridgehead atoms. The lowest BCUT2D eigenvalue weighted by Crippen LogP contribution is -2.39. The van der Waals surface area contributed by atoms with Gasteiger partial charge >= 0.3 is 0 Å². The summed E-state index contributed by atoms with van der Waals surface area (Å²) in [5, 5.41) is 4.07. The second-order valence-corrected chi connectivity index (χ2v) is 8.95. The highest BCUT2D eigenvalue weighted by Crippen LogP contribution is 2.26. The maximum atomic E-state index is 11.5. The highest BCUT2D eigenvalue weighted by Gasteiger charge is 2.24. The SMILES string of the molecule is O=S1(=O)CCN(Cc2ccc(-c3nc([C@H]4CCOC4)no3)cc2)CC1. The molecule has 4 rings (SSSR count). The van der Waals surface area contributed by atoms with Gasteiger partial charge in [0, 0.05) is 37.7 Å². The van der Waals surface area contributed by atoms with Gasteiger partial charge in [-0.2, -0.15) is 4.98 Å². The van der Waals surface area contributed by atoms with Crippen molar-refractivity contribution in [2.75, 3.05) is 37.8 Å². The Morgan fingerprint density at radius 1 is 1.16 bits per heavy atom. The molecular weight excluding hydrogens is 342 g/mol. The van der Waals surface area contributed by atoms with Crippen LogP contribution in [0.5, 0.6) is 0 Å². The van der Waals surface area contributed by atoms with Crippen molar-refractivity contribution < 1.29 is 17.7 Å². The minimum absolute atomic E-state index is 0.229. The molecule has 2 fully saturated rings. The Morgan fingerprint density at radius 3 is 2.60 bits per heavy atom. The molecule has 1 aromatic carbocycles. The lowest BCUT2D eigenvalue weighted by atomic mass is 10.1. The highest BCUT2D eigenvalue weighted by molar-refractivity contribution is 7.91. The lowest BCUT2D eigenvalue weighted by Gasteiger charge is -2.26. The van der Waals surface area contributed by atoms with Crippen LogP contribution in [0.25, 0.3) is 11.5 Å². The van der Waals surface area contributed by atoms with E-state index in [2.05, 4.69) is 15.0 Å². The summed E-state index contributed by atoms with van der Waals surface area (Å²) in [5.41, 5.74) is 2.04. The first kappa shape index (κ1) is 16.7. The summed E-state index contributed by atoms with van der Waals surface area (Å²) in [5.74, 6) is 1.97. The number of aromatic nitrogens is 2. The average Bonchev–Trinajstić information content (AvgIpc) is 3.28. The van der Waals surface area contributed by atoms with Gasteiger partial charge in [-0.15, -0.1) is 0 Å². The number of rotatable bonds is 4. The topological polar surface area (TPSA) is 85.5 Å². The predicted octanol–water partition coefficient (Wildman–Crippen LogP) is 1.47. The Hall–Kier alpha value is -1.77. The van der Waals surface area contributed by atoms with Gasteiger partial charge in [-0.25, -0.2) is 8.42 Å². The van der Waals surface area contributed by atoms with Crippen molar-refractivity contribution in [1.29, 1.82) is 0 Å². The summed E-state index contributed by atoms with van der Waals surface area (Å²) in [7, 11) is -2.83. The molecule has 134 valence electrons. The molecule has 1 aromatic heterocycles. The first-order valence-electron chi connectivity index (χ1n) is 8.52. The quantitative estimate of drug-likeness (QED) is 0.813. The third kappa shape index (κ3) is 3.91. The summed E-state index contributed by atoms with van der Waals surface area (Å²) < 4.78 is 33.7. The summed E-state index contributed by atoms with van der Waals surface area (Å²) in [4.78, 5) is 6.66. The number of hydrogen-bond acceptors (Lipinski definition) is 7. The number of benzene rings is 1. The molecule has 1 atom stereocenters. The van der Waals surface area contributed by atoms with Crippen molar-refractivity contribution in [2.24, 2.45) is 0 Å². The van der Waals surface area contributed by atoms with E-state index < -0.39 is 9.84 Å². The van der Waals surface area contributed by atoms with E-state index >= 15 is 0 Å². The molecule has 25 heavy (non-hydrogen) atoms. The largest absolute Gasteiger partial charge is 0.381 e. The van der Waals surface area contributed by atoms with Crippen LogP contribution in [0.15, 0.2) is 28.8 Å². The Balaban J connectivity index is 1.40. The third-order valence-corrected chi connectivity index (χ3v) is 6.39. The number of nitrogens with zero attached hydrogens (tertiary/aromatic N) is 3. The molecule has 2 aromatic rings. The number of sulfone groups is 1. The first-order valence-corrected chi connectivity index (χ1v) is 10.3. The van der Waals surface area contributed by atoms with Crippen molar-refractivity contribution in [3.05, 3.63) is 35.7 Å². The fourth-order valence-electron chi connectivity index (χ4n) is 3.18. The van der Waals surface area contributed by atoms with E-state index in [0.29, 0.717) is 31.4 Å². The summed E-state index contributed by atoms with van der Waals surface area (Å²) in [6.07, 6.45) is 0.934. The fraction of sp³-hybridized carbons (Fsp3) is 0.529. The predicted molar refractivity (Wildman–Crippen MR) is 91.8 cm³/mol. The van der Waals surface area contributed by atoms with Crippen LogP contribution in [0.2, 0.25) is 0 Å². The monoisotopic (exact) mass is 363 g/mol. The minimum atomic E-state index is -2.83. The second-order valence-electron chi connectivity index (χ2n) is 6.64. The standard InChI is InChI=1S/C17H21N3O4S/c21-25(22)9-6-20(7-10-25)11-13-1-3-14(4-2-13)17-18-16(19-24-17)15-5-8-23-12-15/h1-4,15H,5-12H2/t15-/m0/s1. The zero-order valence-electron chi connectivity index (χ0n) is 13.9. The molecule has 0 radical (unpaired) electrons. The molecule has 7 nitrogen and oxygen atoms in total. The van der Waals surface area contributed by atoms with Crippen LogP contribution in [0.3, 0.4) is 0 Å². The zero-order chi connectivity index (χ0) is 17.3. The molecule has 0 saturated carbocycles. The highest BCUT2D eigenvalue weighted by atomic mass is 32.2. The van der Waals surface area contributed by atoms with Gasteiger partial charge in [0.25, 0.3) is 5.89 Å². The molecule has 2 aliphatic heterocycles. The first-order chi connectivity index (χ1) is 12.1. The van der Waals surface area contributed by atoms with Crippen LogP contribution in [-0.4, -0.2) is 61.3 Å². The van der Waals surface area contributed by atoms with Gasteiger partial charge in [-0.1, -0.05) is 17.3 Å². The van der Waals surface area contributed by atoms with Crippen LogP contribution in [0.1, 0.15) is 23.7 Å². The molecule has 2 saturated heterocycles. The van der Waals surface area contributed by atoms with Crippen LogP contribution in [0.4, 0.5) is 0 Å². The Bertz CT molecular complexity index is 812. The third-order valence-electron chi connectivity index (χ3n) is 4.78. The van der Waals surface area contributed by atoms with E-state index in [1.54, 1.807) is 0 Å². The zero-order valence-corrected chi connectivity index (χ0v) is 14.7. The van der Waals surface area contributed by atoms with E-state index in [9.17, 15) is 8.42 Å². The smallest absolute Gasteiger partial charge is 0.257 e. The second kappa shape index (κ2) is 6.86. The molecule has 8 heteroatoms. The van der Waals surface area contributed by atoms with Gasteiger partial charge in [0.05, 0.1) is 18.1 Å². The maximum Gasteiger partial charge on any atom is 0.257 e. The van der Waals surface area contributed by atoms with Crippen LogP contribution in [0, 0.1) is 0 Å². The molecule has 0 spiro atoms. The normalized spacial score (nSPS) is 23.8. The lowest BCUT2D eigenvalue weighted by molar-refractivity contribution is 0.192. The average molecular weight is 363 g/mol. The van der Waals surface area contributed by atoms with Crippen molar-refractivity contribution in [3.8, 4) is 11.5 Å². The fourth-order valence-corrected chi connectivity index (χ4v) is 4.45. The van der Waals surface area contributed by atoms with Gasteiger partial charge < -0.3 is 9.26 Å². The maximum absolute atomic E-state index is 11.5. The number of hydrogen-bond donors (Lipinski definition) is 0. The van der Waals surface area contributed by atoms with Gasteiger partial charge in [0.1, 0.15) is 0 Å². The van der Waals surface area contributed by atoms with E-state index in [4.69, 9.17) is 9.26 Å². The molecular formula is C17H21N3O4S. The van der Waals surface area contributed by atoms with Crippen LogP contribution < -0.4 is 0 Å². The van der Waals surface area contributed by atoms with Crippen molar-refractivity contribution >= 4 is 9.84 Å². The van der Waals surface area contributed by atoms with E-state index in [1.807, 2.05) is 24.3 Å². The molecule has 3 heterocycles. The van der Waals surface area contributed by atoms with Gasteiger partial charge in [0.2, 0.25) is 0 Å². The van der Waals surface area contributed by atoms with Gasteiger partial charge in [0.15, 0.2) is 15.7 Å². The Labute approximate surface area is 146 Å².